The summed E-state index contributed by atoms with van der Waals surface area (Å²) >= 11 is 21.6. The standard InChI is InChI=1S/C24H18BrCl2N3O2S/c1-24-20(22(31)28-16-8-5-14(26)6-9-16)21(18-12-15(27)7-10-19(18)32-24)29-23(33)30(24)17-4-2-3-13(25)11-17/h2-12,20-21H,1H3,(H,28,31)(H,29,33)/t20-,21+,24-/m0/s1. The molecule has 9 heteroatoms. The third kappa shape index (κ3) is 3.97. The van der Waals surface area contributed by atoms with Crippen LogP contribution in [0.15, 0.2) is 71.2 Å². The van der Waals surface area contributed by atoms with Crippen LogP contribution in [-0.4, -0.2) is 16.7 Å². The van der Waals surface area contributed by atoms with Crippen LogP contribution >= 0.6 is 51.3 Å². The molecule has 2 bridgehead atoms. The highest BCUT2D eigenvalue weighted by atomic mass is 79.9. The zero-order valence-electron chi connectivity index (χ0n) is 17.3. The molecule has 0 spiro atoms. The van der Waals surface area contributed by atoms with Crippen LogP contribution in [0.1, 0.15) is 18.5 Å². The zero-order chi connectivity index (χ0) is 23.3. The van der Waals surface area contributed by atoms with Gasteiger partial charge in [0.1, 0.15) is 11.7 Å². The molecule has 2 heterocycles. The van der Waals surface area contributed by atoms with Crippen molar-refractivity contribution in [1.82, 2.24) is 5.32 Å². The Bertz CT molecular complexity index is 1270. The highest BCUT2D eigenvalue weighted by Gasteiger charge is 2.59. The molecule has 2 aliphatic heterocycles. The van der Waals surface area contributed by atoms with Crippen LogP contribution in [0.4, 0.5) is 11.4 Å². The number of carbonyl (C=O) groups is 1. The number of benzene rings is 3. The molecular weight excluding hydrogens is 545 g/mol. The van der Waals surface area contributed by atoms with E-state index in [0.717, 1.165) is 15.7 Å². The molecule has 168 valence electrons. The lowest BCUT2D eigenvalue weighted by molar-refractivity contribution is -0.130. The van der Waals surface area contributed by atoms with Gasteiger partial charge in [-0.05, 0) is 79.8 Å². The van der Waals surface area contributed by atoms with E-state index in [1.54, 1.807) is 30.3 Å². The van der Waals surface area contributed by atoms with E-state index >= 15 is 0 Å². The Morgan fingerprint density at radius 3 is 2.58 bits per heavy atom. The van der Waals surface area contributed by atoms with E-state index in [-0.39, 0.29) is 5.91 Å². The third-order valence-electron chi connectivity index (χ3n) is 5.92. The number of anilines is 2. The topological polar surface area (TPSA) is 53.6 Å². The maximum absolute atomic E-state index is 13.7. The van der Waals surface area contributed by atoms with Crippen LogP contribution in [0.3, 0.4) is 0 Å². The van der Waals surface area contributed by atoms with E-state index < -0.39 is 17.7 Å². The van der Waals surface area contributed by atoms with Crippen molar-refractivity contribution >= 4 is 73.7 Å². The van der Waals surface area contributed by atoms with Crippen LogP contribution in [0.2, 0.25) is 10.0 Å². The van der Waals surface area contributed by atoms with Gasteiger partial charge in [-0.25, -0.2) is 0 Å². The number of rotatable bonds is 3. The van der Waals surface area contributed by atoms with Gasteiger partial charge in [-0.15, -0.1) is 0 Å². The zero-order valence-corrected chi connectivity index (χ0v) is 21.2. The average molecular weight is 563 g/mol. The molecule has 5 rings (SSSR count). The average Bonchev–Trinajstić information content (AvgIpc) is 2.75. The van der Waals surface area contributed by atoms with Crippen molar-refractivity contribution in [2.24, 2.45) is 5.92 Å². The summed E-state index contributed by atoms with van der Waals surface area (Å²) in [4.78, 5) is 15.6. The minimum Gasteiger partial charge on any atom is -0.467 e. The Balaban J connectivity index is 1.63. The normalized spacial score (nSPS) is 23.3. The fourth-order valence-corrected chi connectivity index (χ4v) is 5.62. The van der Waals surface area contributed by atoms with Crippen molar-refractivity contribution < 1.29 is 9.53 Å². The minimum absolute atomic E-state index is 0.217. The lowest BCUT2D eigenvalue weighted by atomic mass is 9.78. The number of hydrogen-bond donors (Lipinski definition) is 2. The number of nitrogens with zero attached hydrogens (tertiary/aromatic N) is 1. The lowest BCUT2D eigenvalue weighted by Gasteiger charge is -2.56. The predicted octanol–water partition coefficient (Wildman–Crippen LogP) is 6.56. The number of nitrogens with one attached hydrogen (secondary N) is 2. The monoisotopic (exact) mass is 561 g/mol. The highest BCUT2D eigenvalue weighted by Crippen LogP contribution is 2.50. The van der Waals surface area contributed by atoms with E-state index in [1.165, 1.54) is 0 Å². The highest BCUT2D eigenvalue weighted by molar-refractivity contribution is 9.10. The molecule has 33 heavy (non-hydrogen) atoms. The first-order chi connectivity index (χ1) is 15.8. The van der Waals surface area contributed by atoms with E-state index in [1.807, 2.05) is 48.2 Å². The Labute approximate surface area is 215 Å². The molecule has 2 aliphatic rings. The summed E-state index contributed by atoms with van der Waals surface area (Å²) in [6.45, 7) is 1.89. The van der Waals surface area contributed by atoms with Crippen molar-refractivity contribution in [1.29, 1.82) is 0 Å². The van der Waals surface area contributed by atoms with Crippen molar-refractivity contribution in [3.05, 3.63) is 86.8 Å². The molecule has 3 aromatic carbocycles. The Morgan fingerprint density at radius 2 is 1.85 bits per heavy atom. The van der Waals surface area contributed by atoms with Gasteiger partial charge in [0.25, 0.3) is 0 Å². The summed E-state index contributed by atoms with van der Waals surface area (Å²) in [6.07, 6.45) is 0. The molecule has 0 unspecified atom stereocenters. The van der Waals surface area contributed by atoms with Crippen LogP contribution in [0.5, 0.6) is 5.75 Å². The van der Waals surface area contributed by atoms with E-state index in [0.29, 0.717) is 26.6 Å². The Morgan fingerprint density at radius 1 is 1.12 bits per heavy atom. The first-order valence-electron chi connectivity index (χ1n) is 10.2. The van der Waals surface area contributed by atoms with Gasteiger partial charge >= 0.3 is 0 Å². The van der Waals surface area contributed by atoms with Gasteiger partial charge in [0.2, 0.25) is 5.91 Å². The second-order valence-corrected chi connectivity index (χ2v) is 10.2. The summed E-state index contributed by atoms with van der Waals surface area (Å²) in [6, 6.07) is 19.7. The van der Waals surface area contributed by atoms with Gasteiger partial charge in [-0.3, -0.25) is 9.69 Å². The first kappa shape index (κ1) is 22.5. The van der Waals surface area contributed by atoms with Gasteiger partial charge < -0.3 is 15.4 Å². The molecule has 2 N–H and O–H groups in total. The van der Waals surface area contributed by atoms with E-state index in [9.17, 15) is 4.79 Å². The lowest BCUT2D eigenvalue weighted by Crippen LogP contribution is -2.72. The number of carbonyl (C=O) groups excluding carboxylic acids is 1. The Hall–Kier alpha value is -2.32. The quantitative estimate of drug-likeness (QED) is 0.354. The molecule has 0 saturated carbocycles. The number of halogens is 3. The van der Waals surface area contributed by atoms with Crippen molar-refractivity contribution in [3.8, 4) is 5.75 Å². The van der Waals surface area contributed by atoms with Crippen molar-refractivity contribution in [3.63, 3.8) is 0 Å². The van der Waals surface area contributed by atoms with Gasteiger partial charge in [-0.1, -0.05) is 45.2 Å². The summed E-state index contributed by atoms with van der Waals surface area (Å²) in [7, 11) is 0. The number of ether oxygens (including phenoxy) is 1. The molecule has 1 amide bonds. The number of amides is 1. The number of hydrogen-bond acceptors (Lipinski definition) is 3. The first-order valence-corrected chi connectivity index (χ1v) is 12.1. The van der Waals surface area contributed by atoms with Gasteiger partial charge in [-0.2, -0.15) is 0 Å². The fraction of sp³-hybridized carbons (Fsp3) is 0.167. The molecule has 5 nitrogen and oxygen atoms in total. The molecule has 3 aromatic rings. The van der Waals surface area contributed by atoms with Crippen LogP contribution in [0.25, 0.3) is 0 Å². The second-order valence-electron chi connectivity index (χ2n) is 8.06. The van der Waals surface area contributed by atoms with Crippen LogP contribution in [0, 0.1) is 5.92 Å². The second kappa shape index (κ2) is 8.47. The van der Waals surface area contributed by atoms with Gasteiger partial charge in [0, 0.05) is 31.5 Å². The molecule has 1 fully saturated rings. The van der Waals surface area contributed by atoms with Crippen LogP contribution in [-0.2, 0) is 4.79 Å². The SMILES string of the molecule is C[C@@]12Oc3ccc(Cl)cc3[C@@H](NC(=S)N1c1cccc(Br)c1)[C@H]2C(=O)Nc1ccc(Cl)cc1. The predicted molar refractivity (Wildman–Crippen MR) is 139 cm³/mol. The molecule has 0 radical (unpaired) electrons. The fourth-order valence-electron chi connectivity index (χ4n) is 4.51. The summed E-state index contributed by atoms with van der Waals surface area (Å²) < 4.78 is 7.44. The molecule has 0 aromatic heterocycles. The number of thiocarbonyl (C=S) groups is 1. The third-order valence-corrected chi connectivity index (χ3v) is 7.20. The van der Waals surface area contributed by atoms with Gasteiger partial charge in [0.05, 0.1) is 6.04 Å². The largest absolute Gasteiger partial charge is 0.467 e. The van der Waals surface area contributed by atoms with E-state index in [2.05, 4.69) is 26.6 Å². The molecular formula is C24H18BrCl2N3O2S. The smallest absolute Gasteiger partial charge is 0.236 e. The van der Waals surface area contributed by atoms with Crippen molar-refractivity contribution in [2.45, 2.75) is 18.7 Å². The summed E-state index contributed by atoms with van der Waals surface area (Å²) in [5.74, 6) is -0.229. The van der Waals surface area contributed by atoms with E-state index in [4.69, 9.17) is 40.2 Å². The van der Waals surface area contributed by atoms with Crippen molar-refractivity contribution in [2.75, 3.05) is 10.2 Å². The molecule has 0 aliphatic carbocycles. The maximum atomic E-state index is 13.7. The summed E-state index contributed by atoms with van der Waals surface area (Å²) in [5.41, 5.74) is 1.11. The van der Waals surface area contributed by atoms with Crippen LogP contribution < -0.4 is 20.3 Å². The number of fused-ring (bicyclic) bond motifs is 4. The minimum atomic E-state index is -1.11. The molecule has 1 saturated heterocycles. The Kier molecular flexibility index (Phi) is 5.77. The maximum Gasteiger partial charge on any atom is 0.236 e. The molecule has 3 atom stereocenters. The van der Waals surface area contributed by atoms with Gasteiger partial charge in [0.15, 0.2) is 10.8 Å². The summed E-state index contributed by atoms with van der Waals surface area (Å²) in [5, 5.41) is 7.99.